The Morgan fingerprint density at radius 1 is 1.26 bits per heavy atom. The number of thiazole rings is 1. The van der Waals surface area contributed by atoms with Gasteiger partial charge in [0.2, 0.25) is 6.79 Å². The average Bonchev–Trinajstić information content (AvgIpc) is 3.28. The van der Waals surface area contributed by atoms with Crippen LogP contribution in [0.25, 0.3) is 0 Å². The first-order valence-electron chi connectivity index (χ1n) is 11.1. The Balaban J connectivity index is 2.90. The molecular formula is C22H37N2O8PS. The van der Waals surface area contributed by atoms with E-state index in [9.17, 15) is 14.2 Å². The van der Waals surface area contributed by atoms with E-state index < -0.39 is 32.1 Å². The normalized spacial score (nSPS) is 14.4. The molecule has 0 bridgehead atoms. The molecule has 1 rings (SSSR count). The van der Waals surface area contributed by atoms with Crippen LogP contribution in [0.3, 0.4) is 0 Å². The topological polar surface area (TPSA) is 122 Å². The maximum Gasteiger partial charge on any atom is 0.478 e. The smallest absolute Gasteiger partial charge is 0.469 e. The lowest BCUT2D eigenvalue weighted by Gasteiger charge is -2.36. The lowest BCUT2D eigenvalue weighted by molar-refractivity contribution is -0.140. The van der Waals surface area contributed by atoms with Gasteiger partial charge in [-0.05, 0) is 24.7 Å². The first-order chi connectivity index (χ1) is 15.9. The molecule has 0 saturated heterocycles. The predicted molar refractivity (Wildman–Crippen MR) is 130 cm³/mol. The number of aromatic nitrogens is 1. The maximum absolute atomic E-state index is 13.4. The molecule has 0 saturated carbocycles. The van der Waals surface area contributed by atoms with Gasteiger partial charge in [-0.3, -0.25) is 13.8 Å². The van der Waals surface area contributed by atoms with Gasteiger partial charge in [0.15, 0.2) is 0 Å². The van der Waals surface area contributed by atoms with Gasteiger partial charge < -0.3 is 14.8 Å². The van der Waals surface area contributed by atoms with E-state index in [1.807, 2.05) is 34.6 Å². The molecule has 1 unspecified atom stereocenters. The van der Waals surface area contributed by atoms with Gasteiger partial charge in [-0.2, -0.15) is 0 Å². The third-order valence-electron chi connectivity index (χ3n) is 5.10. The van der Waals surface area contributed by atoms with E-state index >= 15 is 0 Å². The van der Waals surface area contributed by atoms with Crippen LogP contribution in [0.15, 0.2) is 17.8 Å². The van der Waals surface area contributed by atoms with Crippen LogP contribution in [0, 0.1) is 5.41 Å². The molecule has 1 N–H and O–H groups in total. The van der Waals surface area contributed by atoms with Crippen molar-refractivity contribution in [1.82, 2.24) is 10.3 Å². The fourth-order valence-electron chi connectivity index (χ4n) is 2.80. The van der Waals surface area contributed by atoms with Crippen molar-refractivity contribution < 1.29 is 37.2 Å². The number of phosphoric acid groups is 1. The molecule has 0 amide bonds. The molecule has 194 valence electrons. The number of ether oxygens (including phenoxy) is 2. The highest BCUT2D eigenvalue weighted by Crippen LogP contribution is 2.53. The number of hydrogen-bond donors (Lipinski definition) is 1. The number of carbonyl (C=O) groups is 2. The number of nitrogens with one attached hydrogen (secondary N) is 1. The van der Waals surface area contributed by atoms with Gasteiger partial charge in [0, 0.05) is 12.2 Å². The van der Waals surface area contributed by atoms with Crippen molar-refractivity contribution in [3.63, 3.8) is 0 Å². The van der Waals surface area contributed by atoms with E-state index in [4.69, 9.17) is 18.3 Å². The molecule has 1 aromatic heterocycles. The fraction of sp³-hybridized carbons (Fsp3) is 0.682. The minimum absolute atomic E-state index is 0.0408. The van der Waals surface area contributed by atoms with Crippen molar-refractivity contribution in [2.75, 3.05) is 27.1 Å². The van der Waals surface area contributed by atoms with Crippen LogP contribution in [0.5, 0.6) is 0 Å². The number of nitrogens with zero attached hydrogens (tertiary/aromatic N) is 1. The molecule has 0 spiro atoms. The zero-order chi connectivity index (χ0) is 25.9. The number of carbonyl (C=O) groups excluding carboxylic acids is 2. The lowest BCUT2D eigenvalue weighted by Crippen LogP contribution is -2.38. The van der Waals surface area contributed by atoms with Gasteiger partial charge >= 0.3 is 19.8 Å². The van der Waals surface area contributed by atoms with Crippen molar-refractivity contribution in [2.24, 2.45) is 5.41 Å². The van der Waals surface area contributed by atoms with Crippen LogP contribution < -0.4 is 5.32 Å². The number of rotatable bonds is 16. The van der Waals surface area contributed by atoms with E-state index in [1.54, 1.807) is 12.4 Å². The van der Waals surface area contributed by atoms with E-state index in [0.29, 0.717) is 22.7 Å². The van der Waals surface area contributed by atoms with Crippen LogP contribution in [0.4, 0.5) is 0 Å². The van der Waals surface area contributed by atoms with Gasteiger partial charge in [-0.15, -0.1) is 11.3 Å². The fourth-order valence-corrected chi connectivity index (χ4v) is 5.00. The SMILES string of the molecule is C=C(NCCC(=O)OC)[C@H](OP(=O)(OCC)OCOC(=O)c1scnc1C(C)C)C(C)(C)CC. The Kier molecular flexibility index (Phi) is 12.4. The van der Waals surface area contributed by atoms with Gasteiger partial charge in [0.25, 0.3) is 0 Å². The second-order valence-electron chi connectivity index (χ2n) is 8.37. The number of esters is 2. The van der Waals surface area contributed by atoms with Crippen molar-refractivity contribution in [3.8, 4) is 0 Å². The summed E-state index contributed by atoms with van der Waals surface area (Å²) in [6.07, 6.45) is -0.0163. The number of hydrogen-bond acceptors (Lipinski definition) is 11. The summed E-state index contributed by atoms with van der Waals surface area (Å²) in [5, 5.41) is 3.02. The third-order valence-corrected chi connectivity index (χ3v) is 7.38. The Bertz CT molecular complexity index is 871. The predicted octanol–water partition coefficient (Wildman–Crippen LogP) is 5.03. The monoisotopic (exact) mass is 520 g/mol. The van der Waals surface area contributed by atoms with Crippen LogP contribution in [-0.2, 0) is 32.4 Å². The molecule has 34 heavy (non-hydrogen) atoms. The zero-order valence-corrected chi connectivity index (χ0v) is 22.8. The molecule has 0 aromatic carbocycles. The van der Waals surface area contributed by atoms with Gasteiger partial charge in [0.05, 0.1) is 31.3 Å². The molecule has 0 aliphatic heterocycles. The summed E-state index contributed by atoms with van der Waals surface area (Å²) in [7, 11) is -2.83. The largest absolute Gasteiger partial charge is 0.478 e. The summed E-state index contributed by atoms with van der Waals surface area (Å²) in [5.74, 6) is -0.963. The van der Waals surface area contributed by atoms with E-state index in [0.717, 1.165) is 11.3 Å². The summed E-state index contributed by atoms with van der Waals surface area (Å²) in [6, 6.07) is 0. The maximum atomic E-state index is 13.4. The molecule has 1 heterocycles. The van der Waals surface area contributed by atoms with Crippen LogP contribution in [0.2, 0.25) is 0 Å². The van der Waals surface area contributed by atoms with Gasteiger partial charge in [-0.1, -0.05) is 41.2 Å². The highest BCUT2D eigenvalue weighted by molar-refractivity contribution is 7.48. The van der Waals surface area contributed by atoms with Crippen molar-refractivity contribution in [1.29, 1.82) is 0 Å². The summed E-state index contributed by atoms with van der Waals surface area (Å²) in [6.45, 7) is 14.9. The number of phosphoric ester groups is 1. The molecular weight excluding hydrogens is 483 g/mol. The first-order valence-corrected chi connectivity index (χ1v) is 13.4. The molecule has 2 atom stereocenters. The van der Waals surface area contributed by atoms with Gasteiger partial charge in [0.1, 0.15) is 11.0 Å². The second-order valence-corrected chi connectivity index (χ2v) is 10.8. The summed E-state index contributed by atoms with van der Waals surface area (Å²) < 4.78 is 39.6. The Labute approximate surface area is 206 Å². The van der Waals surface area contributed by atoms with E-state index in [2.05, 4.69) is 21.6 Å². The third kappa shape index (κ3) is 9.11. The van der Waals surface area contributed by atoms with Crippen LogP contribution >= 0.6 is 19.2 Å². The minimum atomic E-state index is -4.14. The second kappa shape index (κ2) is 13.9. The molecule has 10 nitrogen and oxygen atoms in total. The average molecular weight is 521 g/mol. The summed E-state index contributed by atoms with van der Waals surface area (Å²) in [5.41, 5.74) is 2.08. The van der Waals surface area contributed by atoms with Crippen molar-refractivity contribution >= 4 is 31.1 Å². The van der Waals surface area contributed by atoms with Gasteiger partial charge in [-0.25, -0.2) is 18.9 Å². The summed E-state index contributed by atoms with van der Waals surface area (Å²) >= 11 is 1.16. The molecule has 0 aliphatic rings. The summed E-state index contributed by atoms with van der Waals surface area (Å²) in [4.78, 5) is 28.4. The molecule has 0 aliphatic carbocycles. The van der Waals surface area contributed by atoms with Crippen molar-refractivity contribution in [2.45, 2.75) is 66.4 Å². The highest BCUT2D eigenvalue weighted by atomic mass is 32.1. The Hall–Kier alpha value is -1.78. The van der Waals surface area contributed by atoms with Crippen LogP contribution in [-0.4, -0.2) is 50.1 Å². The van der Waals surface area contributed by atoms with Crippen molar-refractivity contribution in [3.05, 3.63) is 28.4 Å². The Morgan fingerprint density at radius 3 is 2.50 bits per heavy atom. The zero-order valence-electron chi connectivity index (χ0n) is 21.0. The number of methoxy groups -OCH3 is 1. The first kappa shape index (κ1) is 30.3. The molecule has 0 radical (unpaired) electrons. The standard InChI is InChI=1S/C22H37N2O8PS/c1-9-22(6,7)20(16(5)23-12-11-17(25)28-8)32-33(27,30-10-2)31-14-29-21(26)19-18(15(3)4)24-13-34-19/h13,15,20,23H,5,9-12,14H2,1-4,6-8H3/t20-,33?/m0/s1. The Morgan fingerprint density at radius 2 is 1.94 bits per heavy atom. The lowest BCUT2D eigenvalue weighted by atomic mass is 9.82. The quantitative estimate of drug-likeness (QED) is 0.180. The molecule has 0 fully saturated rings. The van der Waals surface area contributed by atoms with E-state index in [1.165, 1.54) is 7.11 Å². The minimum Gasteiger partial charge on any atom is -0.469 e. The van der Waals surface area contributed by atoms with E-state index in [-0.39, 0.29) is 31.5 Å². The highest BCUT2D eigenvalue weighted by Gasteiger charge is 2.40. The molecule has 1 aromatic rings. The molecule has 12 heteroatoms. The van der Waals surface area contributed by atoms with Crippen LogP contribution in [0.1, 0.15) is 75.7 Å².